The lowest BCUT2D eigenvalue weighted by Gasteiger charge is -2.12. The molecule has 0 aromatic carbocycles. The molecule has 0 aliphatic carbocycles. The lowest BCUT2D eigenvalue weighted by Crippen LogP contribution is -2.25. The van der Waals surface area contributed by atoms with Gasteiger partial charge in [-0.25, -0.2) is 0 Å². The van der Waals surface area contributed by atoms with Crippen LogP contribution in [0.25, 0.3) is 0 Å². The Morgan fingerprint density at radius 2 is 2.57 bits per heavy atom. The van der Waals surface area contributed by atoms with Crippen molar-refractivity contribution in [3.63, 3.8) is 0 Å². The van der Waals surface area contributed by atoms with Crippen LogP contribution in [0.15, 0.2) is 6.20 Å². The van der Waals surface area contributed by atoms with Crippen LogP contribution in [0.5, 0.6) is 0 Å². The van der Waals surface area contributed by atoms with Gasteiger partial charge in [-0.1, -0.05) is 4.49 Å². The molecule has 1 aromatic heterocycles. The molecule has 5 nitrogen and oxygen atoms in total. The van der Waals surface area contributed by atoms with E-state index in [1.807, 2.05) is 0 Å². The summed E-state index contributed by atoms with van der Waals surface area (Å²) in [4.78, 5) is 3.27. The predicted octanol–water partition coefficient (Wildman–Crippen LogP) is -0.270. The van der Waals surface area contributed by atoms with E-state index in [2.05, 4.69) is 14.5 Å². The summed E-state index contributed by atoms with van der Waals surface area (Å²) in [7, 11) is 1.63. The van der Waals surface area contributed by atoms with Gasteiger partial charge in [0.1, 0.15) is 0 Å². The van der Waals surface area contributed by atoms with E-state index in [9.17, 15) is 5.11 Å². The Labute approximate surface area is 86.5 Å². The van der Waals surface area contributed by atoms with Crippen LogP contribution in [-0.2, 0) is 11.3 Å². The van der Waals surface area contributed by atoms with Crippen LogP contribution in [0, 0.1) is 0 Å². The first-order chi connectivity index (χ1) is 6.79. The standard InChI is InChI=1S/C8H13N3O2S/c1-13-8-5-11(4-7(8)12)3-6-2-9-10-14-6/h2,7-8,12H,3-5H2,1H3/t7-,8-/m1/s1. The number of aromatic nitrogens is 2. The van der Waals surface area contributed by atoms with Crippen LogP contribution >= 0.6 is 11.5 Å². The molecule has 0 spiro atoms. The number of aliphatic hydroxyl groups is 1. The third-order valence-corrected chi connectivity index (χ3v) is 3.05. The van der Waals surface area contributed by atoms with Gasteiger partial charge in [0.05, 0.1) is 23.3 Å². The number of likely N-dealkylation sites (tertiary alicyclic amines) is 1. The van der Waals surface area contributed by atoms with E-state index in [4.69, 9.17) is 4.74 Å². The molecular formula is C8H13N3O2S. The first-order valence-electron chi connectivity index (χ1n) is 4.49. The number of ether oxygens (including phenoxy) is 1. The topological polar surface area (TPSA) is 58.5 Å². The fourth-order valence-corrected chi connectivity index (χ4v) is 2.20. The largest absolute Gasteiger partial charge is 0.389 e. The molecule has 1 aromatic rings. The van der Waals surface area contributed by atoms with Crippen LogP contribution in [-0.4, -0.2) is 52.0 Å². The molecule has 0 bridgehead atoms. The summed E-state index contributed by atoms with van der Waals surface area (Å²) in [6.07, 6.45) is 1.33. The van der Waals surface area contributed by atoms with E-state index in [0.29, 0.717) is 6.54 Å². The van der Waals surface area contributed by atoms with E-state index in [1.165, 1.54) is 11.5 Å². The maximum atomic E-state index is 9.59. The van der Waals surface area contributed by atoms with Crippen molar-refractivity contribution >= 4 is 11.5 Å². The summed E-state index contributed by atoms with van der Waals surface area (Å²) in [5.41, 5.74) is 0. The number of aliphatic hydroxyl groups excluding tert-OH is 1. The van der Waals surface area contributed by atoms with Crippen molar-refractivity contribution in [3.05, 3.63) is 11.1 Å². The maximum Gasteiger partial charge on any atom is 0.0969 e. The molecule has 1 aliphatic heterocycles. The van der Waals surface area contributed by atoms with E-state index < -0.39 is 0 Å². The smallest absolute Gasteiger partial charge is 0.0969 e. The second-order valence-corrected chi connectivity index (χ2v) is 4.29. The molecule has 0 amide bonds. The monoisotopic (exact) mass is 215 g/mol. The summed E-state index contributed by atoms with van der Waals surface area (Å²) in [6.45, 7) is 2.24. The summed E-state index contributed by atoms with van der Waals surface area (Å²) >= 11 is 1.39. The third kappa shape index (κ3) is 2.09. The highest BCUT2D eigenvalue weighted by atomic mass is 32.1. The Kier molecular flexibility index (Phi) is 3.07. The van der Waals surface area contributed by atoms with Gasteiger partial charge in [-0.15, -0.1) is 5.10 Å². The van der Waals surface area contributed by atoms with Crippen molar-refractivity contribution in [2.75, 3.05) is 20.2 Å². The SMILES string of the molecule is CO[C@@H]1CN(Cc2cnns2)C[C@H]1O. The van der Waals surface area contributed by atoms with Gasteiger partial charge in [-0.05, 0) is 11.5 Å². The molecule has 14 heavy (non-hydrogen) atoms. The van der Waals surface area contributed by atoms with E-state index in [0.717, 1.165) is 18.0 Å². The van der Waals surface area contributed by atoms with Gasteiger partial charge < -0.3 is 9.84 Å². The van der Waals surface area contributed by atoms with Gasteiger partial charge in [-0.2, -0.15) is 0 Å². The summed E-state index contributed by atoms with van der Waals surface area (Å²) < 4.78 is 8.95. The summed E-state index contributed by atoms with van der Waals surface area (Å²) in [5.74, 6) is 0. The second kappa shape index (κ2) is 4.31. The minimum absolute atomic E-state index is 0.0594. The molecule has 2 rings (SSSR count). The normalized spacial score (nSPS) is 28.4. The zero-order valence-corrected chi connectivity index (χ0v) is 8.78. The maximum absolute atomic E-state index is 9.59. The van der Waals surface area contributed by atoms with Crippen LogP contribution < -0.4 is 0 Å². The molecule has 1 aliphatic rings. The lowest BCUT2D eigenvalue weighted by atomic mass is 10.3. The Balaban J connectivity index is 1.89. The average Bonchev–Trinajstić information content (AvgIpc) is 2.76. The molecule has 1 fully saturated rings. The lowest BCUT2D eigenvalue weighted by molar-refractivity contribution is 0.0215. The number of rotatable bonds is 3. The molecule has 0 saturated carbocycles. The summed E-state index contributed by atoms with van der Waals surface area (Å²) in [6, 6.07) is 0. The molecule has 0 radical (unpaired) electrons. The summed E-state index contributed by atoms with van der Waals surface area (Å²) in [5, 5.41) is 13.4. The van der Waals surface area contributed by atoms with Crippen molar-refractivity contribution in [3.8, 4) is 0 Å². The quantitative estimate of drug-likeness (QED) is 0.752. The molecule has 1 saturated heterocycles. The molecule has 78 valence electrons. The average molecular weight is 215 g/mol. The van der Waals surface area contributed by atoms with E-state index >= 15 is 0 Å². The molecule has 2 heterocycles. The van der Waals surface area contributed by atoms with E-state index in [1.54, 1.807) is 13.3 Å². The van der Waals surface area contributed by atoms with Crippen molar-refractivity contribution in [1.82, 2.24) is 14.5 Å². The first kappa shape index (κ1) is 9.97. The fourth-order valence-electron chi connectivity index (χ4n) is 1.67. The van der Waals surface area contributed by atoms with Gasteiger partial charge in [0.15, 0.2) is 0 Å². The van der Waals surface area contributed by atoms with Crippen LogP contribution in [0.3, 0.4) is 0 Å². The number of nitrogens with zero attached hydrogens (tertiary/aromatic N) is 3. The predicted molar refractivity (Wildman–Crippen MR) is 52.0 cm³/mol. The van der Waals surface area contributed by atoms with Crippen LogP contribution in [0.1, 0.15) is 4.88 Å². The Hall–Kier alpha value is -0.560. The molecular weight excluding hydrogens is 202 g/mol. The highest BCUT2D eigenvalue weighted by Gasteiger charge is 2.31. The fraction of sp³-hybridized carbons (Fsp3) is 0.750. The Morgan fingerprint density at radius 1 is 1.71 bits per heavy atom. The number of β-amino-alcohol motifs (C(OH)–C–C–N with tert-alkyl or cyclic N) is 1. The van der Waals surface area contributed by atoms with E-state index in [-0.39, 0.29) is 12.2 Å². The zero-order valence-electron chi connectivity index (χ0n) is 7.96. The van der Waals surface area contributed by atoms with Crippen molar-refractivity contribution in [1.29, 1.82) is 0 Å². The zero-order chi connectivity index (χ0) is 9.97. The molecule has 6 heteroatoms. The van der Waals surface area contributed by atoms with Gasteiger partial charge in [0.25, 0.3) is 0 Å². The number of methoxy groups -OCH3 is 1. The second-order valence-electron chi connectivity index (χ2n) is 3.42. The van der Waals surface area contributed by atoms with Crippen molar-refractivity contribution < 1.29 is 9.84 Å². The molecule has 0 unspecified atom stereocenters. The highest BCUT2D eigenvalue weighted by Crippen LogP contribution is 2.16. The van der Waals surface area contributed by atoms with Crippen molar-refractivity contribution in [2.45, 2.75) is 18.8 Å². The minimum Gasteiger partial charge on any atom is -0.389 e. The van der Waals surface area contributed by atoms with Crippen molar-refractivity contribution in [2.24, 2.45) is 0 Å². The molecule has 2 atom stereocenters. The van der Waals surface area contributed by atoms with Crippen LogP contribution in [0.4, 0.5) is 0 Å². The minimum atomic E-state index is -0.374. The van der Waals surface area contributed by atoms with Gasteiger partial charge in [-0.3, -0.25) is 4.90 Å². The Bertz CT molecular complexity index is 280. The van der Waals surface area contributed by atoms with Gasteiger partial charge >= 0.3 is 0 Å². The third-order valence-electron chi connectivity index (χ3n) is 2.40. The number of hydrogen-bond donors (Lipinski definition) is 1. The van der Waals surface area contributed by atoms with Crippen LogP contribution in [0.2, 0.25) is 0 Å². The molecule has 1 N–H and O–H groups in total. The Morgan fingerprint density at radius 3 is 3.14 bits per heavy atom. The first-order valence-corrected chi connectivity index (χ1v) is 5.26. The van der Waals surface area contributed by atoms with Gasteiger partial charge in [0, 0.05) is 26.7 Å². The van der Waals surface area contributed by atoms with Gasteiger partial charge in [0.2, 0.25) is 0 Å². The highest BCUT2D eigenvalue weighted by molar-refractivity contribution is 7.05. The number of hydrogen-bond acceptors (Lipinski definition) is 6.